The number of aromatic hydroxyl groups is 1. The predicted octanol–water partition coefficient (Wildman–Crippen LogP) is 4.53. The Bertz CT molecular complexity index is 936. The molecule has 28 heavy (non-hydrogen) atoms. The van der Waals surface area contributed by atoms with Crippen LogP contribution in [-0.4, -0.2) is 28.5 Å². The molecule has 148 valence electrons. The van der Waals surface area contributed by atoms with Gasteiger partial charge in [0.05, 0.1) is 12.1 Å². The SMILES string of the molecule is CC(C)(C)[C@H](N)C(=O)N1CC(c2cc(Cl)ccc2F)=C[C@H]1c1cccc(O)c1. The van der Waals surface area contributed by atoms with Gasteiger partial charge in [0.1, 0.15) is 11.6 Å². The number of carbonyl (C=O) groups excluding carboxylic acids is 1. The number of benzene rings is 2. The second-order valence-corrected chi connectivity index (χ2v) is 8.60. The fourth-order valence-electron chi connectivity index (χ4n) is 3.28. The van der Waals surface area contributed by atoms with E-state index in [1.165, 1.54) is 12.1 Å². The standard InChI is InChI=1S/C22H24ClFN2O2/c1-22(2,3)20(25)21(28)26-12-14(17-11-15(23)7-8-18(17)24)10-19(26)13-5-4-6-16(27)9-13/h4-11,19-20,27H,12,25H2,1-3H3/t19-,20+/m0/s1. The van der Waals surface area contributed by atoms with Crippen LogP contribution in [0, 0.1) is 11.2 Å². The van der Waals surface area contributed by atoms with Gasteiger partial charge in [-0.3, -0.25) is 4.79 Å². The third-order valence-electron chi connectivity index (χ3n) is 5.00. The van der Waals surface area contributed by atoms with Crippen molar-refractivity contribution in [2.75, 3.05) is 6.54 Å². The quantitative estimate of drug-likeness (QED) is 0.792. The van der Waals surface area contributed by atoms with Crippen molar-refractivity contribution < 1.29 is 14.3 Å². The molecule has 3 rings (SSSR count). The van der Waals surface area contributed by atoms with Crippen LogP contribution >= 0.6 is 11.6 Å². The van der Waals surface area contributed by atoms with E-state index in [9.17, 15) is 14.3 Å². The van der Waals surface area contributed by atoms with Gasteiger partial charge in [0, 0.05) is 17.1 Å². The van der Waals surface area contributed by atoms with Gasteiger partial charge in [-0.1, -0.05) is 50.6 Å². The largest absolute Gasteiger partial charge is 0.508 e. The van der Waals surface area contributed by atoms with Gasteiger partial charge in [-0.05, 0) is 46.9 Å². The molecule has 3 N–H and O–H groups in total. The van der Waals surface area contributed by atoms with Crippen LogP contribution in [-0.2, 0) is 4.79 Å². The third kappa shape index (κ3) is 4.05. The number of halogens is 2. The average molecular weight is 403 g/mol. The van der Waals surface area contributed by atoms with Crippen LogP contribution in [0.25, 0.3) is 5.57 Å². The van der Waals surface area contributed by atoms with Crippen LogP contribution in [0.4, 0.5) is 4.39 Å². The lowest BCUT2D eigenvalue weighted by Gasteiger charge is -2.33. The normalized spacial score (nSPS) is 18.1. The summed E-state index contributed by atoms with van der Waals surface area (Å²) in [6, 6.07) is 9.87. The number of phenols is 1. The molecule has 1 amide bonds. The zero-order valence-electron chi connectivity index (χ0n) is 16.1. The van der Waals surface area contributed by atoms with E-state index < -0.39 is 23.3 Å². The van der Waals surface area contributed by atoms with Gasteiger partial charge in [0.25, 0.3) is 0 Å². The molecule has 2 atom stereocenters. The monoisotopic (exact) mass is 402 g/mol. The molecule has 0 aromatic heterocycles. The van der Waals surface area contributed by atoms with Gasteiger partial charge < -0.3 is 15.7 Å². The number of nitrogens with two attached hydrogens (primary N) is 1. The van der Waals surface area contributed by atoms with Crippen LogP contribution in [0.15, 0.2) is 48.5 Å². The highest BCUT2D eigenvalue weighted by atomic mass is 35.5. The molecule has 4 nitrogen and oxygen atoms in total. The van der Waals surface area contributed by atoms with Crippen molar-refractivity contribution in [3.8, 4) is 5.75 Å². The maximum Gasteiger partial charge on any atom is 0.241 e. The van der Waals surface area contributed by atoms with Gasteiger partial charge in [0.2, 0.25) is 5.91 Å². The van der Waals surface area contributed by atoms with Crippen molar-refractivity contribution in [2.45, 2.75) is 32.9 Å². The number of nitrogens with zero attached hydrogens (tertiary/aromatic N) is 1. The van der Waals surface area contributed by atoms with Crippen molar-refractivity contribution >= 4 is 23.1 Å². The summed E-state index contributed by atoms with van der Waals surface area (Å²) in [5.41, 5.74) is 7.54. The molecule has 2 aromatic carbocycles. The van der Waals surface area contributed by atoms with E-state index in [1.807, 2.05) is 32.9 Å². The fraction of sp³-hybridized carbons (Fsp3) is 0.318. The Balaban J connectivity index is 2.05. The summed E-state index contributed by atoms with van der Waals surface area (Å²) in [5.74, 6) is -0.532. The predicted molar refractivity (Wildman–Crippen MR) is 109 cm³/mol. The molecular formula is C22H24ClFN2O2. The van der Waals surface area contributed by atoms with Crippen molar-refractivity contribution in [1.82, 2.24) is 4.90 Å². The second kappa shape index (κ2) is 7.57. The minimum atomic E-state index is -0.718. The molecule has 0 unspecified atom stereocenters. The fourth-order valence-corrected chi connectivity index (χ4v) is 3.45. The lowest BCUT2D eigenvalue weighted by Crippen LogP contribution is -2.50. The molecule has 1 aliphatic rings. The number of amides is 1. The molecule has 6 heteroatoms. The van der Waals surface area contributed by atoms with Crippen molar-refractivity contribution in [1.29, 1.82) is 0 Å². The Morgan fingerprint density at radius 3 is 2.64 bits per heavy atom. The summed E-state index contributed by atoms with van der Waals surface area (Å²) in [6.07, 6.45) is 1.83. The molecular weight excluding hydrogens is 379 g/mol. The maximum absolute atomic E-state index is 14.4. The number of phenolic OH excluding ortho intramolecular Hbond substituents is 1. The van der Waals surface area contributed by atoms with E-state index in [-0.39, 0.29) is 18.2 Å². The molecule has 2 aromatic rings. The van der Waals surface area contributed by atoms with Crippen molar-refractivity contribution in [3.63, 3.8) is 0 Å². The second-order valence-electron chi connectivity index (χ2n) is 8.17. The first-order chi connectivity index (χ1) is 13.1. The zero-order chi connectivity index (χ0) is 20.6. The van der Waals surface area contributed by atoms with Gasteiger partial charge in [-0.25, -0.2) is 4.39 Å². The summed E-state index contributed by atoms with van der Waals surface area (Å²) in [6.45, 7) is 5.92. The Hall–Kier alpha value is -2.37. The van der Waals surface area contributed by atoms with Gasteiger partial charge in [-0.15, -0.1) is 0 Å². The molecule has 1 heterocycles. The molecule has 1 aliphatic heterocycles. The minimum Gasteiger partial charge on any atom is -0.508 e. The maximum atomic E-state index is 14.4. The first-order valence-electron chi connectivity index (χ1n) is 9.09. The molecule has 0 bridgehead atoms. The highest BCUT2D eigenvalue weighted by Crippen LogP contribution is 2.38. The van der Waals surface area contributed by atoms with Crippen LogP contribution in [0.2, 0.25) is 5.02 Å². The Morgan fingerprint density at radius 1 is 1.29 bits per heavy atom. The van der Waals surface area contributed by atoms with E-state index in [0.717, 1.165) is 5.56 Å². The minimum absolute atomic E-state index is 0.0980. The topological polar surface area (TPSA) is 66.6 Å². The van der Waals surface area contributed by atoms with Crippen LogP contribution < -0.4 is 5.73 Å². The lowest BCUT2D eigenvalue weighted by atomic mass is 9.86. The van der Waals surface area contributed by atoms with Crippen LogP contribution in [0.1, 0.15) is 37.9 Å². The summed E-state index contributed by atoms with van der Waals surface area (Å²) < 4.78 is 14.4. The van der Waals surface area contributed by atoms with E-state index in [4.69, 9.17) is 17.3 Å². The molecule has 0 saturated carbocycles. The molecule has 0 aliphatic carbocycles. The number of hydrogen-bond donors (Lipinski definition) is 2. The summed E-state index contributed by atoms with van der Waals surface area (Å²) >= 11 is 6.05. The summed E-state index contributed by atoms with van der Waals surface area (Å²) in [4.78, 5) is 14.8. The number of carbonyl (C=O) groups is 1. The Morgan fingerprint density at radius 2 is 2.00 bits per heavy atom. The molecule has 0 spiro atoms. The summed E-state index contributed by atoms with van der Waals surface area (Å²) in [7, 11) is 0. The summed E-state index contributed by atoms with van der Waals surface area (Å²) in [5, 5.41) is 10.3. The van der Waals surface area contributed by atoms with E-state index in [1.54, 1.807) is 29.2 Å². The van der Waals surface area contributed by atoms with E-state index in [0.29, 0.717) is 16.2 Å². The molecule has 0 fully saturated rings. The van der Waals surface area contributed by atoms with Crippen LogP contribution in [0.3, 0.4) is 0 Å². The van der Waals surface area contributed by atoms with Gasteiger partial charge in [-0.2, -0.15) is 0 Å². The van der Waals surface area contributed by atoms with Gasteiger partial charge >= 0.3 is 0 Å². The smallest absolute Gasteiger partial charge is 0.241 e. The van der Waals surface area contributed by atoms with Gasteiger partial charge in [0.15, 0.2) is 0 Å². The van der Waals surface area contributed by atoms with E-state index in [2.05, 4.69) is 0 Å². The Kier molecular flexibility index (Phi) is 5.50. The average Bonchev–Trinajstić information content (AvgIpc) is 3.07. The third-order valence-corrected chi connectivity index (χ3v) is 5.24. The first kappa shape index (κ1) is 20.4. The number of rotatable bonds is 3. The highest BCUT2D eigenvalue weighted by Gasteiger charge is 2.38. The first-order valence-corrected chi connectivity index (χ1v) is 9.47. The van der Waals surface area contributed by atoms with Crippen molar-refractivity contribution in [2.24, 2.45) is 11.1 Å². The number of hydrogen-bond acceptors (Lipinski definition) is 3. The molecule has 0 radical (unpaired) electrons. The van der Waals surface area contributed by atoms with Crippen molar-refractivity contribution in [3.05, 3.63) is 70.5 Å². The van der Waals surface area contributed by atoms with E-state index >= 15 is 0 Å². The Labute approximate surface area is 169 Å². The lowest BCUT2D eigenvalue weighted by molar-refractivity contribution is -0.135. The molecule has 0 saturated heterocycles. The zero-order valence-corrected chi connectivity index (χ0v) is 16.9. The highest BCUT2D eigenvalue weighted by molar-refractivity contribution is 6.30. The van der Waals surface area contributed by atoms with Crippen LogP contribution in [0.5, 0.6) is 5.75 Å².